The molecule has 9 nitrogen and oxygen atoms in total. The molecule has 3 atom stereocenters. The number of nitrogen functional groups attached to an aromatic ring is 1. The molecule has 4 aromatic rings. The summed E-state index contributed by atoms with van der Waals surface area (Å²) in [7, 11) is 0. The van der Waals surface area contributed by atoms with Gasteiger partial charge < -0.3 is 25.8 Å². The molecule has 0 saturated carbocycles. The van der Waals surface area contributed by atoms with E-state index in [-0.39, 0.29) is 24.5 Å². The summed E-state index contributed by atoms with van der Waals surface area (Å²) >= 11 is 0. The van der Waals surface area contributed by atoms with E-state index in [1.165, 1.54) is 11.0 Å². The zero-order valence-electron chi connectivity index (χ0n) is 18.0. The van der Waals surface area contributed by atoms with Gasteiger partial charge in [0.05, 0.1) is 18.1 Å². The van der Waals surface area contributed by atoms with Gasteiger partial charge in [0.15, 0.2) is 17.5 Å². The van der Waals surface area contributed by atoms with E-state index in [2.05, 4.69) is 26.9 Å². The lowest BCUT2D eigenvalue weighted by atomic mass is 9.92. The molecule has 6 rings (SSSR count). The summed E-state index contributed by atoms with van der Waals surface area (Å²) in [5, 5.41) is 36.4. The lowest BCUT2D eigenvalue weighted by molar-refractivity contribution is -0.0470. The number of nitrogens with two attached hydrogens (primary N) is 1. The average molecular weight is 455 g/mol. The second-order valence-electron chi connectivity index (χ2n) is 8.42. The van der Waals surface area contributed by atoms with Crippen LogP contribution in [0.3, 0.4) is 0 Å². The van der Waals surface area contributed by atoms with Crippen molar-refractivity contribution in [1.29, 1.82) is 0 Å². The van der Waals surface area contributed by atoms with Crippen LogP contribution in [-0.2, 0) is 10.3 Å². The molecule has 0 radical (unpaired) electrons. The Morgan fingerprint density at radius 3 is 2.41 bits per heavy atom. The third-order valence-corrected chi connectivity index (χ3v) is 6.46. The van der Waals surface area contributed by atoms with Gasteiger partial charge in [-0.15, -0.1) is 0 Å². The Kier molecular flexibility index (Phi) is 4.65. The quantitative estimate of drug-likeness (QED) is 0.332. The fourth-order valence-electron chi connectivity index (χ4n) is 4.81. The van der Waals surface area contributed by atoms with Crippen molar-refractivity contribution in [2.75, 3.05) is 12.3 Å². The SMILES string of the molecule is Nc1ncnc2c1c(C#CC1(O)c3ccccc3-c3ccccc31)nn2[C@H]1C[C@H](O)[C@@H](CO)O1. The van der Waals surface area contributed by atoms with Gasteiger partial charge in [-0.05, 0) is 17.0 Å². The molecule has 5 N–H and O–H groups in total. The summed E-state index contributed by atoms with van der Waals surface area (Å²) in [6, 6.07) is 15.2. The number of ether oxygens (including phenoxy) is 1. The molecular weight excluding hydrogens is 434 g/mol. The standard InChI is InChI=1S/C25H21N5O4/c26-23-22-18(29-30(24(22)28-13-27-23)21-11-19(32)20(12-31)34-21)9-10-25(33)16-7-3-1-5-14(16)15-6-2-4-8-17(15)25/h1-8,13,19-21,31-33H,11-12H2,(H2,26,27,28)/t19-,20+,21+/m0/s1. The Balaban J connectivity index is 1.50. The maximum atomic E-state index is 11.8. The smallest absolute Gasteiger partial charge is 0.178 e. The van der Waals surface area contributed by atoms with Crippen LogP contribution < -0.4 is 5.73 Å². The van der Waals surface area contributed by atoms with Crippen LogP contribution in [0.15, 0.2) is 54.9 Å². The third kappa shape index (κ3) is 2.94. The minimum Gasteiger partial charge on any atom is -0.394 e. The fraction of sp³-hybridized carbons (Fsp3) is 0.240. The number of aromatic nitrogens is 4. The van der Waals surface area contributed by atoms with Gasteiger partial charge >= 0.3 is 0 Å². The summed E-state index contributed by atoms with van der Waals surface area (Å²) in [4.78, 5) is 8.38. The molecule has 1 aliphatic carbocycles. The van der Waals surface area contributed by atoms with Gasteiger partial charge in [-0.25, -0.2) is 14.6 Å². The maximum absolute atomic E-state index is 11.8. The Morgan fingerprint density at radius 2 is 1.76 bits per heavy atom. The highest BCUT2D eigenvalue weighted by atomic mass is 16.5. The summed E-state index contributed by atoms with van der Waals surface area (Å²) in [5.74, 6) is 6.23. The van der Waals surface area contributed by atoms with Gasteiger partial charge in [0.25, 0.3) is 0 Å². The van der Waals surface area contributed by atoms with Crippen LogP contribution in [0.4, 0.5) is 5.82 Å². The fourth-order valence-corrected chi connectivity index (χ4v) is 4.81. The van der Waals surface area contributed by atoms with Crippen LogP contribution >= 0.6 is 0 Å². The number of benzene rings is 2. The minimum atomic E-state index is -1.53. The molecule has 0 unspecified atom stereocenters. The first-order valence-corrected chi connectivity index (χ1v) is 10.9. The van der Waals surface area contributed by atoms with Gasteiger partial charge in [0.1, 0.15) is 23.9 Å². The normalized spacial score (nSPS) is 22.3. The topological polar surface area (TPSA) is 140 Å². The van der Waals surface area contributed by atoms with Crippen LogP contribution in [0, 0.1) is 11.8 Å². The average Bonchev–Trinajstić information content (AvgIpc) is 3.50. The second-order valence-corrected chi connectivity index (χ2v) is 8.42. The Morgan fingerprint density at radius 1 is 1.09 bits per heavy atom. The van der Waals surface area contributed by atoms with E-state index in [9.17, 15) is 15.3 Å². The number of nitrogens with zero attached hydrogens (tertiary/aromatic N) is 4. The van der Waals surface area contributed by atoms with Gasteiger partial charge in [-0.3, -0.25) is 0 Å². The number of fused-ring (bicyclic) bond motifs is 4. The van der Waals surface area contributed by atoms with Crippen molar-refractivity contribution in [3.05, 3.63) is 71.7 Å². The Bertz CT molecular complexity index is 1440. The predicted octanol–water partition coefficient (Wildman–Crippen LogP) is 1.32. The van der Waals surface area contributed by atoms with Crippen LogP contribution in [-0.4, -0.2) is 53.9 Å². The molecule has 0 amide bonds. The monoisotopic (exact) mass is 455 g/mol. The first kappa shape index (κ1) is 20.8. The molecular formula is C25H21N5O4. The van der Waals surface area contributed by atoms with Crippen LogP contribution in [0.2, 0.25) is 0 Å². The number of rotatable bonds is 2. The molecule has 1 fully saturated rings. The van der Waals surface area contributed by atoms with Gasteiger partial charge in [0, 0.05) is 17.5 Å². The van der Waals surface area contributed by atoms with Gasteiger partial charge in [-0.1, -0.05) is 54.5 Å². The van der Waals surface area contributed by atoms with Crippen molar-refractivity contribution in [2.24, 2.45) is 0 Å². The van der Waals surface area contributed by atoms with E-state index in [1.54, 1.807) is 0 Å². The zero-order valence-corrected chi connectivity index (χ0v) is 18.0. The molecule has 34 heavy (non-hydrogen) atoms. The Labute approximate surface area is 194 Å². The first-order chi connectivity index (χ1) is 16.5. The lowest BCUT2D eigenvalue weighted by Gasteiger charge is -2.18. The molecule has 1 saturated heterocycles. The number of aliphatic hydroxyl groups excluding tert-OH is 2. The molecule has 1 aliphatic heterocycles. The number of hydrogen-bond acceptors (Lipinski definition) is 8. The minimum absolute atomic E-state index is 0.192. The van der Waals surface area contributed by atoms with E-state index in [4.69, 9.17) is 10.5 Å². The van der Waals surface area contributed by atoms with Crippen LogP contribution in [0.25, 0.3) is 22.2 Å². The van der Waals surface area contributed by atoms with Crippen molar-refractivity contribution in [2.45, 2.75) is 30.5 Å². The highest BCUT2D eigenvalue weighted by Crippen LogP contribution is 2.47. The molecule has 2 aromatic carbocycles. The molecule has 0 spiro atoms. The van der Waals surface area contributed by atoms with Crippen molar-refractivity contribution < 1.29 is 20.1 Å². The molecule has 2 aromatic heterocycles. The van der Waals surface area contributed by atoms with Gasteiger partial charge in [0.2, 0.25) is 0 Å². The third-order valence-electron chi connectivity index (χ3n) is 6.46. The number of hydrogen-bond donors (Lipinski definition) is 4. The van der Waals surface area contributed by atoms with E-state index in [1.807, 2.05) is 48.5 Å². The predicted molar refractivity (Wildman–Crippen MR) is 123 cm³/mol. The molecule has 170 valence electrons. The summed E-state index contributed by atoms with van der Waals surface area (Å²) in [5.41, 5.74) is 8.56. The second kappa shape index (κ2) is 7.62. The number of aliphatic hydroxyl groups is 3. The maximum Gasteiger partial charge on any atom is 0.178 e. The van der Waals surface area contributed by atoms with Crippen molar-refractivity contribution in [1.82, 2.24) is 19.7 Å². The molecule has 9 heteroatoms. The van der Waals surface area contributed by atoms with E-state index in [0.717, 1.165) is 11.1 Å². The summed E-state index contributed by atoms with van der Waals surface area (Å²) in [6.45, 7) is -0.313. The summed E-state index contributed by atoms with van der Waals surface area (Å²) < 4.78 is 7.26. The van der Waals surface area contributed by atoms with E-state index < -0.39 is 24.0 Å². The Hall–Kier alpha value is -3.81. The molecule has 3 heterocycles. The molecule has 2 aliphatic rings. The highest BCUT2D eigenvalue weighted by molar-refractivity contribution is 5.91. The van der Waals surface area contributed by atoms with Crippen molar-refractivity contribution in [3.63, 3.8) is 0 Å². The largest absolute Gasteiger partial charge is 0.394 e. The number of anilines is 1. The van der Waals surface area contributed by atoms with Crippen molar-refractivity contribution >= 4 is 16.9 Å². The molecule has 0 bridgehead atoms. The van der Waals surface area contributed by atoms with Crippen LogP contribution in [0.5, 0.6) is 0 Å². The first-order valence-electron chi connectivity index (χ1n) is 10.9. The summed E-state index contributed by atoms with van der Waals surface area (Å²) in [6.07, 6.45) is -0.668. The van der Waals surface area contributed by atoms with E-state index in [0.29, 0.717) is 22.2 Å². The lowest BCUT2D eigenvalue weighted by Crippen LogP contribution is -2.24. The van der Waals surface area contributed by atoms with E-state index >= 15 is 0 Å². The highest BCUT2D eigenvalue weighted by Gasteiger charge is 2.40. The van der Waals surface area contributed by atoms with Gasteiger partial charge in [-0.2, -0.15) is 5.10 Å². The van der Waals surface area contributed by atoms with Crippen LogP contribution in [0.1, 0.15) is 29.5 Å². The van der Waals surface area contributed by atoms with Crippen molar-refractivity contribution in [3.8, 4) is 23.0 Å². The zero-order chi connectivity index (χ0) is 23.4.